The number of hydrogen-bond donors (Lipinski definition) is 3. The highest BCUT2D eigenvalue weighted by atomic mass is 16.5. The number of benzene rings is 2. The van der Waals surface area contributed by atoms with Crippen LogP contribution in [-0.2, 0) is 9.53 Å². The minimum absolute atomic E-state index is 0.0687. The molecule has 2 aromatic rings. The molecule has 1 saturated heterocycles. The van der Waals surface area contributed by atoms with Crippen LogP contribution in [-0.4, -0.2) is 51.7 Å². The molecular formula is C20H24N4O3. The fraction of sp³-hybridized carbons (Fsp3) is 0.300. The fourth-order valence-electron chi connectivity index (χ4n) is 2.93. The summed E-state index contributed by atoms with van der Waals surface area (Å²) in [6, 6.07) is 14.9. The van der Waals surface area contributed by atoms with Crippen molar-refractivity contribution in [3.8, 4) is 0 Å². The Morgan fingerprint density at radius 2 is 1.74 bits per heavy atom. The quantitative estimate of drug-likeness (QED) is 0.726. The minimum Gasteiger partial charge on any atom is -0.378 e. The van der Waals surface area contributed by atoms with Gasteiger partial charge >= 0.3 is 0 Å². The van der Waals surface area contributed by atoms with Crippen LogP contribution in [0.1, 0.15) is 10.4 Å². The lowest BCUT2D eigenvalue weighted by molar-refractivity contribution is -0.114. The lowest BCUT2D eigenvalue weighted by Gasteiger charge is -2.28. The van der Waals surface area contributed by atoms with E-state index in [9.17, 15) is 9.59 Å². The Balaban J connectivity index is 1.54. The number of nitrogens with one attached hydrogen (secondary N) is 3. The van der Waals surface area contributed by atoms with Gasteiger partial charge in [0.2, 0.25) is 5.91 Å². The number of para-hydroxylation sites is 1. The highest BCUT2D eigenvalue weighted by Crippen LogP contribution is 2.19. The Labute approximate surface area is 158 Å². The fourth-order valence-corrected chi connectivity index (χ4v) is 2.93. The average Bonchev–Trinajstić information content (AvgIpc) is 2.73. The van der Waals surface area contributed by atoms with Gasteiger partial charge in [0.1, 0.15) is 0 Å². The molecule has 1 aliphatic heterocycles. The molecule has 0 bridgehead atoms. The molecule has 27 heavy (non-hydrogen) atoms. The Kier molecular flexibility index (Phi) is 6.27. The van der Waals surface area contributed by atoms with Crippen LogP contribution >= 0.6 is 0 Å². The zero-order valence-electron chi connectivity index (χ0n) is 15.3. The number of rotatable bonds is 6. The summed E-state index contributed by atoms with van der Waals surface area (Å²) in [7, 11) is 1.58. The number of hydrogen-bond acceptors (Lipinski definition) is 5. The molecule has 0 unspecified atom stereocenters. The molecule has 0 aliphatic carbocycles. The van der Waals surface area contributed by atoms with E-state index in [2.05, 4.69) is 20.9 Å². The lowest BCUT2D eigenvalue weighted by Crippen LogP contribution is -2.36. The van der Waals surface area contributed by atoms with E-state index in [-0.39, 0.29) is 18.4 Å². The van der Waals surface area contributed by atoms with Crippen LogP contribution in [0.25, 0.3) is 0 Å². The van der Waals surface area contributed by atoms with Crippen molar-refractivity contribution < 1.29 is 14.3 Å². The summed E-state index contributed by atoms with van der Waals surface area (Å²) in [4.78, 5) is 26.3. The molecule has 3 rings (SSSR count). The number of ether oxygens (including phenoxy) is 1. The van der Waals surface area contributed by atoms with Gasteiger partial charge in [-0.05, 0) is 36.4 Å². The Morgan fingerprint density at radius 3 is 2.44 bits per heavy atom. The number of anilines is 3. The molecule has 3 N–H and O–H groups in total. The summed E-state index contributed by atoms with van der Waals surface area (Å²) in [5.74, 6) is -0.377. The van der Waals surface area contributed by atoms with Crippen molar-refractivity contribution in [1.82, 2.24) is 5.32 Å². The Morgan fingerprint density at radius 1 is 1.04 bits per heavy atom. The van der Waals surface area contributed by atoms with Crippen LogP contribution in [0.4, 0.5) is 17.1 Å². The first-order valence-corrected chi connectivity index (χ1v) is 8.95. The molecule has 0 aromatic heterocycles. The van der Waals surface area contributed by atoms with Gasteiger partial charge in [0, 0.05) is 37.2 Å². The van der Waals surface area contributed by atoms with Crippen LogP contribution in [0.3, 0.4) is 0 Å². The van der Waals surface area contributed by atoms with Crippen molar-refractivity contribution in [3.63, 3.8) is 0 Å². The third kappa shape index (κ3) is 4.98. The SMILES string of the molecule is CNC(=O)c1ccccc1NCC(=O)Nc1ccc(N2CCOCC2)cc1. The van der Waals surface area contributed by atoms with Crippen LogP contribution in [0.2, 0.25) is 0 Å². The maximum atomic E-state index is 12.2. The monoisotopic (exact) mass is 368 g/mol. The molecule has 0 spiro atoms. The number of nitrogens with zero attached hydrogens (tertiary/aromatic N) is 1. The molecule has 1 fully saturated rings. The van der Waals surface area contributed by atoms with Crippen molar-refractivity contribution in [2.75, 3.05) is 55.4 Å². The molecular weight excluding hydrogens is 344 g/mol. The molecule has 2 aromatic carbocycles. The molecule has 0 saturated carbocycles. The molecule has 0 atom stereocenters. The van der Waals surface area contributed by atoms with E-state index in [1.807, 2.05) is 30.3 Å². The first-order valence-electron chi connectivity index (χ1n) is 8.95. The van der Waals surface area contributed by atoms with Crippen molar-refractivity contribution in [1.29, 1.82) is 0 Å². The van der Waals surface area contributed by atoms with Crippen LogP contribution < -0.4 is 20.9 Å². The minimum atomic E-state index is -0.197. The van der Waals surface area contributed by atoms with Crippen LogP contribution in [0.5, 0.6) is 0 Å². The van der Waals surface area contributed by atoms with Crippen LogP contribution in [0.15, 0.2) is 48.5 Å². The summed E-state index contributed by atoms with van der Waals surface area (Å²) < 4.78 is 5.36. The molecule has 2 amide bonds. The Bertz CT molecular complexity index is 786. The van der Waals surface area contributed by atoms with Crippen molar-refractivity contribution in [2.45, 2.75) is 0 Å². The van der Waals surface area contributed by atoms with Gasteiger partial charge < -0.3 is 25.6 Å². The predicted molar refractivity (Wildman–Crippen MR) is 106 cm³/mol. The third-order valence-corrected chi connectivity index (χ3v) is 4.37. The van der Waals surface area contributed by atoms with E-state index in [1.54, 1.807) is 25.2 Å². The number of morpholine rings is 1. The van der Waals surface area contributed by atoms with E-state index in [1.165, 1.54) is 0 Å². The van der Waals surface area contributed by atoms with Crippen molar-refractivity contribution in [3.05, 3.63) is 54.1 Å². The summed E-state index contributed by atoms with van der Waals surface area (Å²) in [5, 5.41) is 8.47. The second kappa shape index (κ2) is 9.05. The average molecular weight is 368 g/mol. The molecule has 142 valence electrons. The van der Waals surface area contributed by atoms with Gasteiger partial charge in [-0.3, -0.25) is 9.59 Å². The van der Waals surface area contributed by atoms with Gasteiger partial charge in [0.15, 0.2) is 0 Å². The van der Waals surface area contributed by atoms with Gasteiger partial charge in [-0.2, -0.15) is 0 Å². The maximum Gasteiger partial charge on any atom is 0.253 e. The van der Waals surface area contributed by atoms with Gasteiger partial charge in [-0.25, -0.2) is 0 Å². The molecule has 0 radical (unpaired) electrons. The first kappa shape index (κ1) is 18.7. The largest absolute Gasteiger partial charge is 0.378 e. The van der Waals surface area contributed by atoms with Gasteiger partial charge in [0.05, 0.1) is 25.3 Å². The standard InChI is InChI=1S/C20H24N4O3/c1-21-20(26)17-4-2-3-5-18(17)22-14-19(25)23-15-6-8-16(9-7-15)24-10-12-27-13-11-24/h2-9,22H,10-14H2,1H3,(H,21,26)(H,23,25). The van der Waals surface area contributed by atoms with E-state index in [4.69, 9.17) is 4.74 Å². The second-order valence-electron chi connectivity index (χ2n) is 6.17. The zero-order chi connectivity index (χ0) is 19.1. The lowest BCUT2D eigenvalue weighted by atomic mass is 10.1. The highest BCUT2D eigenvalue weighted by Gasteiger charge is 2.12. The highest BCUT2D eigenvalue weighted by molar-refractivity contribution is 6.00. The zero-order valence-corrected chi connectivity index (χ0v) is 15.3. The van der Waals surface area contributed by atoms with Crippen LogP contribution in [0, 0.1) is 0 Å². The summed E-state index contributed by atoms with van der Waals surface area (Å²) >= 11 is 0. The Hall–Kier alpha value is -3.06. The molecule has 7 heteroatoms. The molecule has 1 heterocycles. The topological polar surface area (TPSA) is 82.7 Å². The summed E-state index contributed by atoms with van der Waals surface area (Å²) in [5.41, 5.74) is 2.98. The summed E-state index contributed by atoms with van der Waals surface area (Å²) in [6.07, 6.45) is 0. The number of amides is 2. The number of carbonyl (C=O) groups is 2. The number of carbonyl (C=O) groups excluding carboxylic acids is 2. The van der Waals surface area contributed by atoms with Crippen molar-refractivity contribution in [2.24, 2.45) is 0 Å². The van der Waals surface area contributed by atoms with E-state index in [0.29, 0.717) is 11.3 Å². The van der Waals surface area contributed by atoms with Crippen molar-refractivity contribution >= 4 is 28.9 Å². The smallest absolute Gasteiger partial charge is 0.253 e. The normalized spacial score (nSPS) is 13.7. The molecule has 1 aliphatic rings. The third-order valence-electron chi connectivity index (χ3n) is 4.37. The maximum absolute atomic E-state index is 12.2. The predicted octanol–water partition coefficient (Wildman–Crippen LogP) is 1.93. The van der Waals surface area contributed by atoms with E-state index in [0.717, 1.165) is 37.7 Å². The van der Waals surface area contributed by atoms with E-state index >= 15 is 0 Å². The molecule has 7 nitrogen and oxygen atoms in total. The van der Waals surface area contributed by atoms with Gasteiger partial charge in [0.25, 0.3) is 5.91 Å². The second-order valence-corrected chi connectivity index (χ2v) is 6.17. The first-order chi connectivity index (χ1) is 13.2. The van der Waals surface area contributed by atoms with E-state index < -0.39 is 0 Å². The van der Waals surface area contributed by atoms with Gasteiger partial charge in [-0.1, -0.05) is 12.1 Å². The van der Waals surface area contributed by atoms with Gasteiger partial charge in [-0.15, -0.1) is 0 Å². The summed E-state index contributed by atoms with van der Waals surface area (Å²) in [6.45, 7) is 3.29.